The lowest BCUT2D eigenvalue weighted by Crippen LogP contribution is -2.15. The van der Waals surface area contributed by atoms with Gasteiger partial charge in [0.1, 0.15) is 5.82 Å². The van der Waals surface area contributed by atoms with Crippen molar-refractivity contribution < 1.29 is 9.50 Å². The molecule has 24 heavy (non-hydrogen) atoms. The summed E-state index contributed by atoms with van der Waals surface area (Å²) in [7, 11) is 0. The summed E-state index contributed by atoms with van der Waals surface area (Å²) in [6.45, 7) is 0. The van der Waals surface area contributed by atoms with E-state index in [0.29, 0.717) is 11.3 Å². The van der Waals surface area contributed by atoms with Crippen LogP contribution in [0.2, 0.25) is 5.02 Å². The number of aromatic hydroxyl groups is 1. The molecule has 3 aromatic rings. The largest absolute Gasteiger partial charge is 0.493 e. The highest BCUT2D eigenvalue weighted by Crippen LogP contribution is 2.51. The van der Waals surface area contributed by atoms with Crippen LogP contribution in [-0.2, 0) is 0 Å². The Kier molecular flexibility index (Phi) is 3.42. The van der Waals surface area contributed by atoms with Crippen LogP contribution in [0, 0.1) is 5.82 Å². The highest BCUT2D eigenvalue weighted by atomic mass is 35.5. The predicted molar refractivity (Wildman–Crippen MR) is 87.8 cm³/mol. The average Bonchev–Trinajstić information content (AvgIpc) is 3.29. The number of nitrogens with one attached hydrogen (secondary N) is 1. The van der Waals surface area contributed by atoms with Gasteiger partial charge < -0.3 is 10.1 Å². The van der Waals surface area contributed by atoms with Crippen molar-refractivity contribution in [1.82, 2.24) is 14.5 Å². The number of aromatic amines is 1. The fraction of sp³-hybridized carbons (Fsp3) is 0.176. The molecule has 0 aliphatic heterocycles. The van der Waals surface area contributed by atoms with Crippen molar-refractivity contribution in [2.75, 3.05) is 0 Å². The second kappa shape index (κ2) is 5.49. The van der Waals surface area contributed by atoms with Crippen LogP contribution in [0.4, 0.5) is 4.39 Å². The Morgan fingerprint density at radius 1 is 1.33 bits per heavy atom. The smallest absolute Gasteiger partial charge is 0.328 e. The quantitative estimate of drug-likeness (QED) is 0.763. The van der Waals surface area contributed by atoms with Gasteiger partial charge in [0.2, 0.25) is 5.88 Å². The Balaban J connectivity index is 1.57. The monoisotopic (exact) mass is 345 g/mol. The van der Waals surface area contributed by atoms with E-state index in [0.717, 1.165) is 12.0 Å². The molecule has 2 atom stereocenters. The van der Waals surface area contributed by atoms with E-state index in [1.165, 1.54) is 22.9 Å². The van der Waals surface area contributed by atoms with Crippen molar-refractivity contribution in [3.05, 3.63) is 69.6 Å². The van der Waals surface area contributed by atoms with Gasteiger partial charge in [-0.25, -0.2) is 9.18 Å². The van der Waals surface area contributed by atoms with Crippen LogP contribution >= 0.6 is 11.6 Å². The maximum atomic E-state index is 13.5. The zero-order valence-corrected chi connectivity index (χ0v) is 13.2. The third kappa shape index (κ3) is 2.49. The van der Waals surface area contributed by atoms with E-state index < -0.39 is 5.82 Å². The Morgan fingerprint density at radius 3 is 2.79 bits per heavy atom. The number of H-pyrrole nitrogens is 1. The Labute approximate surface area is 141 Å². The zero-order valence-electron chi connectivity index (χ0n) is 12.4. The molecule has 1 fully saturated rings. The van der Waals surface area contributed by atoms with Crippen molar-refractivity contribution in [3.63, 3.8) is 0 Å². The summed E-state index contributed by atoms with van der Waals surface area (Å²) in [5.74, 6) is -0.411. The number of halogens is 2. The lowest BCUT2D eigenvalue weighted by Gasteiger charge is -2.05. The first kappa shape index (κ1) is 15.0. The summed E-state index contributed by atoms with van der Waals surface area (Å²) in [4.78, 5) is 18.5. The number of rotatable bonds is 3. The summed E-state index contributed by atoms with van der Waals surface area (Å²) in [5, 5.41) is 9.79. The molecule has 0 amide bonds. The van der Waals surface area contributed by atoms with Crippen LogP contribution in [0.5, 0.6) is 5.88 Å². The van der Waals surface area contributed by atoms with E-state index in [2.05, 4.69) is 9.97 Å². The molecule has 7 heteroatoms. The van der Waals surface area contributed by atoms with Gasteiger partial charge in [0.15, 0.2) is 0 Å². The molecule has 1 aliphatic carbocycles. The summed E-state index contributed by atoms with van der Waals surface area (Å²) in [6, 6.07) is 8.22. The van der Waals surface area contributed by atoms with Crippen molar-refractivity contribution in [3.8, 4) is 17.1 Å². The van der Waals surface area contributed by atoms with Crippen molar-refractivity contribution in [1.29, 1.82) is 0 Å². The highest BCUT2D eigenvalue weighted by Gasteiger charge is 2.42. The summed E-state index contributed by atoms with van der Waals surface area (Å²) < 4.78 is 14.9. The van der Waals surface area contributed by atoms with E-state index >= 15 is 0 Å². The van der Waals surface area contributed by atoms with E-state index in [4.69, 9.17) is 11.6 Å². The molecule has 4 rings (SSSR count). The minimum absolute atomic E-state index is 0.0614. The van der Waals surface area contributed by atoms with Crippen LogP contribution in [0.25, 0.3) is 11.3 Å². The molecule has 0 bridgehead atoms. The van der Waals surface area contributed by atoms with E-state index in [-0.39, 0.29) is 28.6 Å². The number of imidazole rings is 1. The maximum Gasteiger partial charge on any atom is 0.328 e. The molecule has 122 valence electrons. The van der Waals surface area contributed by atoms with E-state index in [1.807, 2.05) is 12.1 Å². The molecular weight excluding hydrogens is 333 g/mol. The summed E-state index contributed by atoms with van der Waals surface area (Å²) in [6.07, 6.45) is 3.78. The van der Waals surface area contributed by atoms with E-state index in [1.54, 1.807) is 12.3 Å². The number of aromatic nitrogens is 3. The van der Waals surface area contributed by atoms with Crippen LogP contribution in [0.3, 0.4) is 0 Å². The minimum atomic E-state index is -0.482. The van der Waals surface area contributed by atoms with Gasteiger partial charge in [-0.15, -0.1) is 0 Å². The SMILES string of the molecule is O=c1[nH]cc(O)n1C1CC1c1ccc(-c2ccc(Cl)c(F)c2)nc1. The molecule has 1 saturated carbocycles. The molecular formula is C17H13ClFN3O2. The summed E-state index contributed by atoms with van der Waals surface area (Å²) >= 11 is 5.69. The van der Waals surface area contributed by atoms with Gasteiger partial charge in [0, 0.05) is 23.7 Å². The number of hydrogen-bond donors (Lipinski definition) is 2. The molecule has 2 heterocycles. The topological polar surface area (TPSA) is 70.9 Å². The molecule has 0 spiro atoms. The van der Waals surface area contributed by atoms with Crippen LogP contribution in [0.15, 0.2) is 47.5 Å². The number of pyridine rings is 1. The van der Waals surface area contributed by atoms with Crippen molar-refractivity contribution in [2.24, 2.45) is 0 Å². The second-order valence-electron chi connectivity index (χ2n) is 5.84. The lowest BCUT2D eigenvalue weighted by atomic mass is 10.1. The zero-order chi connectivity index (χ0) is 16.8. The van der Waals surface area contributed by atoms with Crippen molar-refractivity contribution in [2.45, 2.75) is 18.4 Å². The first-order valence-corrected chi connectivity index (χ1v) is 7.82. The lowest BCUT2D eigenvalue weighted by molar-refractivity contribution is 0.413. The highest BCUT2D eigenvalue weighted by molar-refractivity contribution is 6.30. The Morgan fingerprint density at radius 2 is 2.17 bits per heavy atom. The molecule has 2 aromatic heterocycles. The molecule has 0 radical (unpaired) electrons. The average molecular weight is 346 g/mol. The molecule has 1 aliphatic rings. The Bertz CT molecular complexity index is 965. The van der Waals surface area contributed by atoms with Gasteiger partial charge in [-0.2, -0.15) is 0 Å². The Hall–Kier alpha value is -2.60. The fourth-order valence-electron chi connectivity index (χ4n) is 2.97. The second-order valence-corrected chi connectivity index (χ2v) is 6.24. The maximum absolute atomic E-state index is 13.5. The molecule has 2 N–H and O–H groups in total. The standard InChI is InChI=1S/C17H13ClFN3O2/c18-12-3-1-9(5-13(12)19)14-4-2-10(7-20-14)11-6-15(11)22-16(23)8-21-17(22)24/h1-5,7-8,11,15,23H,6H2,(H,21,24). The molecule has 0 saturated heterocycles. The molecule has 5 nitrogen and oxygen atoms in total. The third-order valence-corrected chi connectivity index (χ3v) is 4.62. The van der Waals surface area contributed by atoms with Crippen LogP contribution in [0.1, 0.15) is 23.9 Å². The van der Waals surface area contributed by atoms with Gasteiger partial charge >= 0.3 is 5.69 Å². The third-order valence-electron chi connectivity index (χ3n) is 4.31. The van der Waals surface area contributed by atoms with Gasteiger partial charge in [0.25, 0.3) is 0 Å². The van der Waals surface area contributed by atoms with Gasteiger partial charge in [-0.3, -0.25) is 9.55 Å². The van der Waals surface area contributed by atoms with E-state index in [9.17, 15) is 14.3 Å². The number of nitrogens with zero attached hydrogens (tertiary/aromatic N) is 2. The fourth-order valence-corrected chi connectivity index (χ4v) is 3.08. The van der Waals surface area contributed by atoms with Gasteiger partial charge in [-0.05, 0) is 30.2 Å². The van der Waals surface area contributed by atoms with Crippen LogP contribution in [-0.4, -0.2) is 19.6 Å². The molecule has 1 aromatic carbocycles. The number of hydrogen-bond acceptors (Lipinski definition) is 3. The van der Waals surface area contributed by atoms with Crippen LogP contribution < -0.4 is 5.69 Å². The van der Waals surface area contributed by atoms with Crippen molar-refractivity contribution >= 4 is 11.6 Å². The van der Waals surface area contributed by atoms with Gasteiger partial charge in [0.05, 0.1) is 16.9 Å². The molecule has 2 unspecified atom stereocenters. The first-order valence-electron chi connectivity index (χ1n) is 7.45. The first-order chi connectivity index (χ1) is 11.5. The minimum Gasteiger partial charge on any atom is -0.493 e. The number of benzene rings is 1. The normalized spacial score (nSPS) is 19.4. The predicted octanol–water partition coefficient (Wildman–Crippen LogP) is 3.47. The van der Waals surface area contributed by atoms with Gasteiger partial charge in [-0.1, -0.05) is 23.7 Å². The summed E-state index contributed by atoms with van der Waals surface area (Å²) in [5.41, 5.74) is 1.95.